The van der Waals surface area contributed by atoms with Crippen molar-refractivity contribution in [3.05, 3.63) is 193 Å². The topological polar surface area (TPSA) is 17.8 Å². The van der Waals surface area contributed by atoms with E-state index in [1.807, 2.05) is 0 Å². The van der Waals surface area contributed by atoms with Crippen LogP contribution in [-0.4, -0.2) is 17.6 Å². The number of hydrogen-bond acceptors (Lipinski definition) is 1. The molecule has 47 heavy (non-hydrogen) atoms. The maximum Gasteiger partial charge on any atom is 0.179 e. The molecule has 0 saturated carbocycles. The van der Waals surface area contributed by atoms with Gasteiger partial charge in [-0.3, -0.25) is 4.57 Å². The average molecular weight is 617 g/mol. The summed E-state index contributed by atoms with van der Waals surface area (Å²) in [6.45, 7) is 0. The lowest BCUT2D eigenvalue weighted by Crippen LogP contribution is -2.74. The maximum atomic E-state index is 5.11. The molecule has 8 aromatic rings. The fraction of sp³-hybridized carbons (Fsp3) is 0.0227. The third-order valence-corrected chi connectivity index (χ3v) is 14.6. The van der Waals surface area contributed by atoms with Gasteiger partial charge in [-0.05, 0) is 73.7 Å². The molecule has 1 aliphatic carbocycles. The highest BCUT2D eigenvalue weighted by Gasteiger charge is 2.42. The predicted molar refractivity (Wildman–Crippen MR) is 198 cm³/mol. The summed E-state index contributed by atoms with van der Waals surface area (Å²) >= 11 is 0. The Morgan fingerprint density at radius 2 is 0.957 bits per heavy atom. The van der Waals surface area contributed by atoms with E-state index < -0.39 is 8.07 Å². The van der Waals surface area contributed by atoms with E-state index in [-0.39, 0.29) is 0 Å². The first-order valence-corrected chi connectivity index (χ1v) is 18.3. The van der Waals surface area contributed by atoms with Gasteiger partial charge in [0.15, 0.2) is 8.07 Å². The van der Waals surface area contributed by atoms with Gasteiger partial charge in [0.1, 0.15) is 5.82 Å². The summed E-state index contributed by atoms with van der Waals surface area (Å²) in [7, 11) is -2.64. The molecule has 0 spiro atoms. The van der Waals surface area contributed by atoms with Crippen LogP contribution in [0.3, 0.4) is 0 Å². The largest absolute Gasteiger partial charge is 0.292 e. The van der Waals surface area contributed by atoms with Crippen LogP contribution in [0.1, 0.15) is 11.1 Å². The molecule has 0 atom stereocenters. The molecule has 0 radical (unpaired) electrons. The maximum absolute atomic E-state index is 5.11. The average Bonchev–Trinajstić information content (AvgIpc) is 3.72. The lowest BCUT2D eigenvalue weighted by atomic mass is 10.0. The zero-order valence-corrected chi connectivity index (χ0v) is 26.9. The summed E-state index contributed by atoms with van der Waals surface area (Å²) in [6, 6.07) is 66.8. The van der Waals surface area contributed by atoms with Gasteiger partial charge in [0.05, 0.1) is 11.0 Å². The molecule has 3 heteroatoms. The fourth-order valence-electron chi connectivity index (χ4n) is 7.66. The molecule has 9 rings (SSSR count). The van der Waals surface area contributed by atoms with Gasteiger partial charge in [-0.15, -0.1) is 0 Å². The lowest BCUT2D eigenvalue weighted by Gasteiger charge is -2.34. The first-order chi connectivity index (χ1) is 23.3. The van der Waals surface area contributed by atoms with Crippen molar-refractivity contribution in [2.24, 2.45) is 0 Å². The second-order valence-corrected chi connectivity index (χ2v) is 16.2. The third-order valence-electron chi connectivity index (χ3n) is 9.78. The SMILES string of the molecule is c1ccc(-c2nc3ccccc3n2-c2ccc3c(c2)-c2cc([Si](c4ccccc4)(c4ccccc4)c4ccccc4)ccc2C3)cc1. The molecule has 2 nitrogen and oxygen atoms in total. The van der Waals surface area contributed by atoms with Gasteiger partial charge in [-0.2, -0.15) is 0 Å². The van der Waals surface area contributed by atoms with Crippen LogP contribution < -0.4 is 20.7 Å². The van der Waals surface area contributed by atoms with Crippen LogP contribution >= 0.6 is 0 Å². The van der Waals surface area contributed by atoms with E-state index in [2.05, 4.69) is 187 Å². The van der Waals surface area contributed by atoms with E-state index in [4.69, 9.17) is 4.98 Å². The minimum absolute atomic E-state index is 0.942. The Kier molecular flexibility index (Phi) is 6.58. The first kappa shape index (κ1) is 27.5. The van der Waals surface area contributed by atoms with Crippen molar-refractivity contribution in [3.63, 3.8) is 0 Å². The van der Waals surface area contributed by atoms with E-state index in [0.29, 0.717) is 0 Å². The van der Waals surface area contributed by atoms with Crippen molar-refractivity contribution in [3.8, 4) is 28.2 Å². The van der Waals surface area contributed by atoms with Crippen molar-refractivity contribution < 1.29 is 0 Å². The van der Waals surface area contributed by atoms with Gasteiger partial charge in [0.25, 0.3) is 0 Å². The minimum Gasteiger partial charge on any atom is -0.292 e. The van der Waals surface area contributed by atoms with Gasteiger partial charge in [-0.25, -0.2) is 4.98 Å². The molecule has 1 heterocycles. The Hall–Kier alpha value is -5.77. The summed E-state index contributed by atoms with van der Waals surface area (Å²) in [5.74, 6) is 0.961. The van der Waals surface area contributed by atoms with E-state index >= 15 is 0 Å². The number of imidazole rings is 1. The Bertz CT molecular complexity index is 2270. The van der Waals surface area contributed by atoms with Gasteiger partial charge in [-0.1, -0.05) is 158 Å². The second kappa shape index (κ2) is 11.2. The fourth-order valence-corrected chi connectivity index (χ4v) is 12.4. The molecule has 0 amide bonds. The normalized spacial score (nSPS) is 12.2. The highest BCUT2D eigenvalue weighted by molar-refractivity contribution is 7.19. The highest BCUT2D eigenvalue weighted by Crippen LogP contribution is 2.39. The summed E-state index contributed by atoms with van der Waals surface area (Å²) < 4.78 is 2.32. The number of fused-ring (bicyclic) bond motifs is 4. The molecule has 0 bridgehead atoms. The molecule has 0 saturated heterocycles. The lowest BCUT2D eigenvalue weighted by molar-refractivity contribution is 1.10. The molecule has 1 aromatic heterocycles. The van der Waals surface area contributed by atoms with Crippen LogP contribution in [0.2, 0.25) is 0 Å². The van der Waals surface area contributed by atoms with Crippen LogP contribution in [0.15, 0.2) is 182 Å². The molecular formula is C44H32N2Si. The second-order valence-electron chi connectivity index (χ2n) is 12.4. The van der Waals surface area contributed by atoms with Crippen molar-refractivity contribution in [1.82, 2.24) is 9.55 Å². The van der Waals surface area contributed by atoms with Crippen LogP contribution in [0, 0.1) is 0 Å². The number of aromatic nitrogens is 2. The van der Waals surface area contributed by atoms with Crippen molar-refractivity contribution in [1.29, 1.82) is 0 Å². The molecule has 0 N–H and O–H groups in total. The van der Waals surface area contributed by atoms with Crippen LogP contribution in [0.5, 0.6) is 0 Å². The number of benzene rings is 7. The summed E-state index contributed by atoms with van der Waals surface area (Å²) in [4.78, 5) is 5.11. The van der Waals surface area contributed by atoms with Gasteiger partial charge >= 0.3 is 0 Å². The Labute approximate surface area is 276 Å². The molecule has 7 aromatic carbocycles. The monoisotopic (exact) mass is 616 g/mol. The van der Waals surface area contributed by atoms with Gasteiger partial charge < -0.3 is 0 Å². The first-order valence-electron chi connectivity index (χ1n) is 16.3. The third kappa shape index (κ3) is 4.43. The van der Waals surface area contributed by atoms with Crippen molar-refractivity contribution >= 4 is 39.9 Å². The summed E-state index contributed by atoms with van der Waals surface area (Å²) in [5.41, 5.74) is 9.76. The van der Waals surface area contributed by atoms with Gasteiger partial charge in [0, 0.05) is 11.3 Å². The number of rotatable bonds is 6. The summed E-state index contributed by atoms with van der Waals surface area (Å²) in [5, 5.41) is 5.57. The minimum atomic E-state index is -2.64. The Morgan fingerprint density at radius 1 is 0.447 bits per heavy atom. The standard InChI is InChI=1S/C44H32N2Si/c1-5-15-32(16-6-1)44-45-42-23-13-14-24-43(42)46(44)35-27-25-33-29-34-26-28-39(31-41(34)40(33)30-35)47(36-17-7-2-8-18-36,37-19-9-3-10-20-37)38-21-11-4-12-22-38/h1-28,30-31H,29H2. The van der Waals surface area contributed by atoms with Crippen LogP contribution in [0.4, 0.5) is 0 Å². The smallest absolute Gasteiger partial charge is 0.179 e. The number of para-hydroxylation sites is 2. The Morgan fingerprint density at radius 3 is 1.57 bits per heavy atom. The highest BCUT2D eigenvalue weighted by atomic mass is 28.3. The van der Waals surface area contributed by atoms with E-state index in [1.54, 1.807) is 0 Å². The zero-order chi connectivity index (χ0) is 31.2. The van der Waals surface area contributed by atoms with Crippen LogP contribution in [-0.2, 0) is 6.42 Å². The van der Waals surface area contributed by atoms with Crippen LogP contribution in [0.25, 0.3) is 39.2 Å². The van der Waals surface area contributed by atoms with E-state index in [1.165, 1.54) is 43.0 Å². The van der Waals surface area contributed by atoms with Crippen molar-refractivity contribution in [2.75, 3.05) is 0 Å². The van der Waals surface area contributed by atoms with E-state index in [9.17, 15) is 0 Å². The predicted octanol–water partition coefficient (Wildman–Crippen LogP) is 7.64. The number of nitrogens with zero attached hydrogens (tertiary/aromatic N) is 2. The molecule has 0 aliphatic heterocycles. The van der Waals surface area contributed by atoms with Crippen molar-refractivity contribution in [2.45, 2.75) is 6.42 Å². The zero-order valence-electron chi connectivity index (χ0n) is 25.9. The molecule has 0 unspecified atom stereocenters. The summed E-state index contributed by atoms with van der Waals surface area (Å²) in [6.07, 6.45) is 0.942. The molecule has 0 fully saturated rings. The quantitative estimate of drug-likeness (QED) is 0.139. The Balaban J connectivity index is 1.27. The van der Waals surface area contributed by atoms with E-state index in [0.717, 1.165) is 34.5 Å². The molecule has 222 valence electrons. The molecular weight excluding hydrogens is 585 g/mol. The number of hydrogen-bond donors (Lipinski definition) is 0. The van der Waals surface area contributed by atoms with Gasteiger partial charge in [0.2, 0.25) is 0 Å². The molecule has 1 aliphatic rings.